The normalized spacial score (nSPS) is 12.1. The number of allylic oxidation sites excluding steroid dienone is 4. The van der Waals surface area contributed by atoms with Gasteiger partial charge in [0, 0.05) is 19.3 Å². The van der Waals surface area contributed by atoms with Gasteiger partial charge >= 0.3 is 17.9 Å². The van der Waals surface area contributed by atoms with Crippen molar-refractivity contribution in [3.8, 4) is 0 Å². The minimum Gasteiger partial charge on any atom is -0.462 e. The fraction of sp³-hybridized carbons (Fsp3) is 0.892. The van der Waals surface area contributed by atoms with Gasteiger partial charge in [0.2, 0.25) is 0 Å². The van der Waals surface area contributed by atoms with Gasteiger partial charge in [0.05, 0.1) is 0 Å². The van der Waals surface area contributed by atoms with Crippen LogP contribution in [0, 0.1) is 0 Å². The first-order valence-corrected chi connectivity index (χ1v) is 31.8. The van der Waals surface area contributed by atoms with Crippen molar-refractivity contribution in [2.75, 3.05) is 13.2 Å². The summed E-state index contributed by atoms with van der Waals surface area (Å²) < 4.78 is 16.9. The molecule has 0 aliphatic heterocycles. The van der Waals surface area contributed by atoms with Gasteiger partial charge in [-0.1, -0.05) is 308 Å². The van der Waals surface area contributed by atoms with E-state index < -0.39 is 6.10 Å². The third-order valence-electron chi connectivity index (χ3n) is 14.5. The Balaban J connectivity index is 4.17. The first-order valence-electron chi connectivity index (χ1n) is 31.8. The van der Waals surface area contributed by atoms with Gasteiger partial charge in [-0.15, -0.1) is 0 Å². The van der Waals surface area contributed by atoms with Gasteiger partial charge < -0.3 is 14.2 Å². The first-order chi connectivity index (χ1) is 35.0. The van der Waals surface area contributed by atoms with E-state index in [4.69, 9.17) is 14.2 Å². The molecule has 6 nitrogen and oxygen atoms in total. The van der Waals surface area contributed by atoms with E-state index in [0.29, 0.717) is 19.3 Å². The zero-order valence-electron chi connectivity index (χ0n) is 48.0. The van der Waals surface area contributed by atoms with E-state index in [1.54, 1.807) is 0 Å². The van der Waals surface area contributed by atoms with Crippen LogP contribution in [-0.4, -0.2) is 37.2 Å². The summed E-state index contributed by atoms with van der Waals surface area (Å²) >= 11 is 0. The Kier molecular flexibility index (Phi) is 58.6. The van der Waals surface area contributed by atoms with Crippen LogP contribution >= 0.6 is 0 Å². The van der Waals surface area contributed by atoms with Crippen LogP contribution in [0.1, 0.15) is 355 Å². The molecule has 0 saturated carbocycles. The van der Waals surface area contributed by atoms with Gasteiger partial charge in [0.25, 0.3) is 0 Å². The molecule has 0 bridgehead atoms. The zero-order chi connectivity index (χ0) is 51.4. The predicted octanol–water partition coefficient (Wildman–Crippen LogP) is 21.4. The fourth-order valence-corrected chi connectivity index (χ4v) is 9.65. The smallest absolute Gasteiger partial charge is 0.306 e. The summed E-state index contributed by atoms with van der Waals surface area (Å²) in [6.45, 7) is 6.67. The summed E-state index contributed by atoms with van der Waals surface area (Å²) in [5, 5.41) is 0. The van der Waals surface area contributed by atoms with Crippen molar-refractivity contribution < 1.29 is 28.6 Å². The summed E-state index contributed by atoms with van der Waals surface area (Å²) in [7, 11) is 0. The number of unbranched alkanes of at least 4 members (excludes halogenated alkanes) is 44. The molecule has 6 heteroatoms. The zero-order valence-corrected chi connectivity index (χ0v) is 48.0. The van der Waals surface area contributed by atoms with E-state index in [2.05, 4.69) is 45.1 Å². The molecule has 1 atom stereocenters. The van der Waals surface area contributed by atoms with Crippen molar-refractivity contribution in [2.24, 2.45) is 0 Å². The van der Waals surface area contributed by atoms with E-state index in [-0.39, 0.29) is 31.1 Å². The second-order valence-corrected chi connectivity index (χ2v) is 21.7. The van der Waals surface area contributed by atoms with Crippen LogP contribution in [-0.2, 0) is 28.6 Å². The summed E-state index contributed by atoms with van der Waals surface area (Å²) in [5.74, 6) is -0.845. The molecule has 0 spiro atoms. The van der Waals surface area contributed by atoms with E-state index in [0.717, 1.165) is 64.2 Å². The molecule has 0 aliphatic carbocycles. The lowest BCUT2D eigenvalue weighted by Gasteiger charge is -2.18. The second-order valence-electron chi connectivity index (χ2n) is 21.7. The highest BCUT2D eigenvalue weighted by molar-refractivity contribution is 5.71. The average Bonchev–Trinajstić information content (AvgIpc) is 3.37. The highest BCUT2D eigenvalue weighted by Crippen LogP contribution is 2.18. The highest BCUT2D eigenvalue weighted by atomic mass is 16.6. The number of carbonyl (C=O) groups excluding carboxylic acids is 3. The highest BCUT2D eigenvalue weighted by Gasteiger charge is 2.19. The molecule has 0 aromatic rings. The van der Waals surface area contributed by atoms with Crippen molar-refractivity contribution >= 4 is 17.9 Å². The largest absolute Gasteiger partial charge is 0.462 e. The Morgan fingerprint density at radius 3 is 0.775 bits per heavy atom. The van der Waals surface area contributed by atoms with E-state index in [9.17, 15) is 14.4 Å². The Bertz CT molecular complexity index is 1150. The Morgan fingerprint density at radius 1 is 0.282 bits per heavy atom. The quantitative estimate of drug-likeness (QED) is 0.0261. The van der Waals surface area contributed by atoms with Gasteiger partial charge in [-0.2, -0.15) is 0 Å². The molecule has 0 N–H and O–H groups in total. The van der Waals surface area contributed by atoms with Crippen molar-refractivity contribution in [2.45, 2.75) is 361 Å². The fourth-order valence-electron chi connectivity index (χ4n) is 9.65. The molecule has 0 rings (SSSR count). The van der Waals surface area contributed by atoms with Crippen LogP contribution < -0.4 is 0 Å². The number of hydrogen-bond acceptors (Lipinski definition) is 6. The number of hydrogen-bond donors (Lipinski definition) is 0. The summed E-state index contributed by atoms with van der Waals surface area (Å²) in [6, 6.07) is 0. The third-order valence-corrected chi connectivity index (χ3v) is 14.5. The molecular formula is C65H122O6. The number of rotatable bonds is 59. The second kappa shape index (κ2) is 60.4. The molecule has 0 saturated heterocycles. The van der Waals surface area contributed by atoms with Gasteiger partial charge in [0.15, 0.2) is 6.10 Å². The molecule has 418 valence electrons. The first kappa shape index (κ1) is 68.9. The van der Waals surface area contributed by atoms with E-state index in [1.165, 1.54) is 250 Å². The monoisotopic (exact) mass is 999 g/mol. The van der Waals surface area contributed by atoms with E-state index >= 15 is 0 Å². The maximum atomic E-state index is 12.9. The molecule has 0 fully saturated rings. The lowest BCUT2D eigenvalue weighted by atomic mass is 10.0. The maximum absolute atomic E-state index is 12.9. The molecule has 0 amide bonds. The van der Waals surface area contributed by atoms with Gasteiger partial charge in [-0.25, -0.2) is 0 Å². The molecule has 71 heavy (non-hydrogen) atoms. The molecule has 0 heterocycles. The van der Waals surface area contributed by atoms with Gasteiger partial charge in [-0.3, -0.25) is 14.4 Å². The van der Waals surface area contributed by atoms with Crippen molar-refractivity contribution in [1.29, 1.82) is 0 Å². The van der Waals surface area contributed by atoms with Crippen molar-refractivity contribution in [3.05, 3.63) is 24.3 Å². The van der Waals surface area contributed by atoms with Crippen LogP contribution in [0.3, 0.4) is 0 Å². The Hall–Kier alpha value is -2.11. The van der Waals surface area contributed by atoms with E-state index in [1.807, 2.05) is 0 Å². The maximum Gasteiger partial charge on any atom is 0.306 e. The third kappa shape index (κ3) is 58.7. The number of carbonyl (C=O) groups is 3. The molecular weight excluding hydrogens is 877 g/mol. The number of ether oxygens (including phenoxy) is 3. The topological polar surface area (TPSA) is 78.9 Å². The van der Waals surface area contributed by atoms with Gasteiger partial charge in [-0.05, 0) is 51.4 Å². The average molecular weight is 1000 g/mol. The van der Waals surface area contributed by atoms with Crippen LogP contribution in [0.5, 0.6) is 0 Å². The Morgan fingerprint density at radius 2 is 0.507 bits per heavy atom. The van der Waals surface area contributed by atoms with Crippen LogP contribution in [0.15, 0.2) is 24.3 Å². The van der Waals surface area contributed by atoms with Gasteiger partial charge in [0.1, 0.15) is 13.2 Å². The van der Waals surface area contributed by atoms with Crippen LogP contribution in [0.25, 0.3) is 0 Å². The lowest BCUT2D eigenvalue weighted by Crippen LogP contribution is -2.30. The van der Waals surface area contributed by atoms with Crippen molar-refractivity contribution in [3.63, 3.8) is 0 Å². The summed E-state index contributed by atoms with van der Waals surface area (Å²) in [6.07, 6.45) is 72.0. The molecule has 0 radical (unpaired) electrons. The predicted molar refractivity (Wildman–Crippen MR) is 307 cm³/mol. The molecule has 1 unspecified atom stereocenters. The minimum absolute atomic E-state index is 0.0661. The SMILES string of the molecule is CCCCCCC/C=C\C/C=C\CCCCCCCCCCCCCC(=O)OCC(COC(=O)CCCCCCCCCCC)OC(=O)CCCCCCCCCCCCCCCCCCCCCCC. The molecule has 0 aliphatic rings. The minimum atomic E-state index is -0.766. The number of esters is 3. The molecule has 0 aromatic heterocycles. The summed E-state index contributed by atoms with van der Waals surface area (Å²) in [4.78, 5) is 38.2. The standard InChI is InChI=1S/C65H122O6/c1-4-7-10-13-16-19-21-23-25-27-29-31-32-34-35-37-39-41-43-46-49-52-55-58-64(67)70-61-62(60-69-63(66)57-54-51-48-45-18-15-12-9-6-3)71-65(68)59-56-53-50-47-44-42-40-38-36-33-30-28-26-24-22-20-17-14-11-8-5-2/h21,23,27,29,62H,4-20,22,24-26,28,30-61H2,1-3H3/b23-21-,29-27-. The summed E-state index contributed by atoms with van der Waals surface area (Å²) in [5.41, 5.74) is 0. The van der Waals surface area contributed by atoms with Crippen LogP contribution in [0.4, 0.5) is 0 Å². The molecule has 0 aromatic carbocycles. The van der Waals surface area contributed by atoms with Crippen LogP contribution in [0.2, 0.25) is 0 Å². The van der Waals surface area contributed by atoms with Crippen molar-refractivity contribution in [1.82, 2.24) is 0 Å². The Labute approximate surface area is 443 Å². The lowest BCUT2D eigenvalue weighted by molar-refractivity contribution is -0.167.